The largest absolute Gasteiger partial charge is 0.366 e. The number of hydrogen-bond donors (Lipinski definition) is 1. The average Bonchev–Trinajstić information content (AvgIpc) is 2.45. The number of carbonyl (C=O) groups is 1. The van der Waals surface area contributed by atoms with Crippen LogP contribution in [0.1, 0.15) is 42.6 Å². The van der Waals surface area contributed by atoms with Crippen molar-refractivity contribution < 1.29 is 4.79 Å². The maximum atomic E-state index is 10.8. The topological polar surface area (TPSA) is 43.1 Å². The molecule has 0 spiro atoms. The van der Waals surface area contributed by atoms with Gasteiger partial charge in [-0.3, -0.25) is 4.79 Å². The van der Waals surface area contributed by atoms with E-state index in [0.29, 0.717) is 5.56 Å². The summed E-state index contributed by atoms with van der Waals surface area (Å²) in [4.78, 5) is 10.8. The number of primary amides is 1. The molecule has 0 atom stereocenters. The Bertz CT molecular complexity index is 439. The summed E-state index contributed by atoms with van der Waals surface area (Å²) in [7, 11) is 0. The molecule has 2 nitrogen and oxygen atoms in total. The Hall–Kier alpha value is -2.09. The molecule has 1 amide bonds. The van der Waals surface area contributed by atoms with E-state index in [9.17, 15) is 4.79 Å². The third kappa shape index (κ3) is 6.41. The van der Waals surface area contributed by atoms with Crippen LogP contribution in [0.25, 0.3) is 5.57 Å². The van der Waals surface area contributed by atoms with Crippen molar-refractivity contribution in [3.8, 4) is 0 Å². The summed E-state index contributed by atoms with van der Waals surface area (Å²) in [6.45, 7) is 11.7. The number of hydrogen-bond acceptors (Lipinski definition) is 1. The smallest absolute Gasteiger partial charge is 0.248 e. The third-order valence-corrected chi connectivity index (χ3v) is 2.52. The van der Waals surface area contributed by atoms with Crippen molar-refractivity contribution in [3.05, 3.63) is 66.8 Å². The quantitative estimate of drug-likeness (QED) is 0.783. The highest BCUT2D eigenvalue weighted by Crippen LogP contribution is 2.16. The Kier molecular flexibility index (Phi) is 8.80. The van der Waals surface area contributed by atoms with Gasteiger partial charge >= 0.3 is 0 Å². The maximum absolute atomic E-state index is 10.8. The number of unbranched alkanes of at least 4 members (excludes halogenated alkanes) is 1. The fourth-order valence-electron chi connectivity index (χ4n) is 1.24. The molecule has 1 aromatic carbocycles. The van der Waals surface area contributed by atoms with Crippen LogP contribution in [-0.4, -0.2) is 5.91 Å². The van der Waals surface area contributed by atoms with Crippen molar-refractivity contribution in [2.45, 2.75) is 26.7 Å². The molecule has 0 aliphatic carbocycles. The Labute approximate surface area is 116 Å². The molecule has 0 aliphatic heterocycles. The van der Waals surface area contributed by atoms with Crippen LogP contribution < -0.4 is 5.73 Å². The molecule has 0 bridgehead atoms. The van der Waals surface area contributed by atoms with Crippen molar-refractivity contribution >= 4 is 11.5 Å². The lowest BCUT2D eigenvalue weighted by Crippen LogP contribution is -2.10. The molecule has 0 saturated carbocycles. The summed E-state index contributed by atoms with van der Waals surface area (Å²) in [6.07, 6.45) is 7.92. The van der Waals surface area contributed by atoms with E-state index < -0.39 is 5.91 Å². The summed E-state index contributed by atoms with van der Waals surface area (Å²) in [6, 6.07) is 7.05. The Balaban J connectivity index is 0.000000711. The summed E-state index contributed by atoms with van der Waals surface area (Å²) in [5.74, 6) is -0.422. The summed E-state index contributed by atoms with van der Waals surface area (Å²) in [5.41, 5.74) is 7.58. The van der Waals surface area contributed by atoms with Crippen LogP contribution in [0.2, 0.25) is 0 Å². The van der Waals surface area contributed by atoms with Crippen molar-refractivity contribution in [3.63, 3.8) is 0 Å². The first-order valence-electron chi connectivity index (χ1n) is 6.46. The molecular weight excluding hydrogens is 234 g/mol. The maximum Gasteiger partial charge on any atom is 0.248 e. The second kappa shape index (κ2) is 9.89. The summed E-state index contributed by atoms with van der Waals surface area (Å²) in [5, 5.41) is 0. The lowest BCUT2D eigenvalue weighted by molar-refractivity contribution is 0.100. The molecule has 0 aromatic heterocycles. The van der Waals surface area contributed by atoms with Gasteiger partial charge in [0.25, 0.3) is 0 Å². The Morgan fingerprint density at radius 1 is 1.11 bits per heavy atom. The van der Waals surface area contributed by atoms with Crippen molar-refractivity contribution in [1.82, 2.24) is 0 Å². The molecule has 2 heteroatoms. The van der Waals surface area contributed by atoms with E-state index in [4.69, 9.17) is 5.73 Å². The highest BCUT2D eigenvalue weighted by atomic mass is 16.1. The van der Waals surface area contributed by atoms with Crippen LogP contribution >= 0.6 is 0 Å². The van der Waals surface area contributed by atoms with Gasteiger partial charge in [0.1, 0.15) is 0 Å². The van der Waals surface area contributed by atoms with E-state index in [1.54, 1.807) is 24.3 Å². The Morgan fingerprint density at radius 3 is 1.89 bits per heavy atom. The molecule has 19 heavy (non-hydrogen) atoms. The minimum atomic E-state index is -0.422. The van der Waals surface area contributed by atoms with Crippen LogP contribution in [0.5, 0.6) is 0 Å². The lowest BCUT2D eigenvalue weighted by Gasteiger charge is -2.02. The predicted octanol–water partition coefficient (Wildman–Crippen LogP) is 4.35. The zero-order chi connectivity index (χ0) is 14.7. The van der Waals surface area contributed by atoms with Crippen LogP contribution in [0.15, 0.2) is 55.7 Å². The monoisotopic (exact) mass is 257 g/mol. The zero-order valence-electron chi connectivity index (χ0n) is 11.9. The number of amides is 1. The lowest BCUT2D eigenvalue weighted by atomic mass is 10.0. The SMILES string of the molecule is C=C/C=C(\C=C)c1ccc(C(N)=O)cc1.CCCC. The van der Waals surface area contributed by atoms with Gasteiger partial charge in [-0.2, -0.15) is 0 Å². The highest BCUT2D eigenvalue weighted by Gasteiger charge is 2.00. The van der Waals surface area contributed by atoms with Gasteiger partial charge in [0.2, 0.25) is 5.91 Å². The van der Waals surface area contributed by atoms with Gasteiger partial charge in [0.15, 0.2) is 0 Å². The van der Waals surface area contributed by atoms with Crippen LogP contribution in [0, 0.1) is 0 Å². The van der Waals surface area contributed by atoms with Gasteiger partial charge in [-0.05, 0) is 23.3 Å². The highest BCUT2D eigenvalue weighted by molar-refractivity contribution is 5.93. The van der Waals surface area contributed by atoms with E-state index in [0.717, 1.165) is 11.1 Å². The molecule has 1 aromatic rings. The first-order valence-corrected chi connectivity index (χ1v) is 6.46. The molecule has 0 fully saturated rings. The zero-order valence-corrected chi connectivity index (χ0v) is 11.9. The fourth-order valence-corrected chi connectivity index (χ4v) is 1.24. The molecule has 0 heterocycles. The van der Waals surface area contributed by atoms with Gasteiger partial charge in [-0.15, -0.1) is 0 Å². The summed E-state index contributed by atoms with van der Waals surface area (Å²) < 4.78 is 0. The second-order valence-corrected chi connectivity index (χ2v) is 4.00. The van der Waals surface area contributed by atoms with Gasteiger partial charge in [-0.25, -0.2) is 0 Å². The molecule has 1 rings (SSSR count). The standard InChI is InChI=1S/C13H13NO.C4H10/c1-3-5-10(4-2)11-6-8-12(9-7-11)13(14)15;1-3-4-2/h3-9H,1-2H2,(H2,14,15);3-4H2,1-2H3/b10-5+;. The predicted molar refractivity (Wildman–Crippen MR) is 83.9 cm³/mol. The van der Waals surface area contributed by atoms with Crippen LogP contribution in [0.4, 0.5) is 0 Å². The number of benzene rings is 1. The number of nitrogens with two attached hydrogens (primary N) is 1. The minimum absolute atomic E-state index is 0.422. The van der Waals surface area contributed by atoms with Gasteiger partial charge in [-0.1, -0.05) is 70.2 Å². The van der Waals surface area contributed by atoms with Gasteiger partial charge in [0, 0.05) is 5.56 Å². The van der Waals surface area contributed by atoms with E-state index in [2.05, 4.69) is 27.0 Å². The first kappa shape index (κ1) is 16.9. The van der Waals surface area contributed by atoms with Crippen LogP contribution in [-0.2, 0) is 0 Å². The first-order chi connectivity index (χ1) is 9.10. The van der Waals surface area contributed by atoms with Crippen molar-refractivity contribution in [2.75, 3.05) is 0 Å². The molecule has 0 unspecified atom stereocenters. The fraction of sp³-hybridized carbons (Fsp3) is 0.235. The Morgan fingerprint density at radius 2 is 1.58 bits per heavy atom. The average molecular weight is 257 g/mol. The van der Waals surface area contributed by atoms with E-state index in [1.807, 2.05) is 18.2 Å². The van der Waals surface area contributed by atoms with E-state index in [-0.39, 0.29) is 0 Å². The van der Waals surface area contributed by atoms with E-state index in [1.165, 1.54) is 12.8 Å². The second-order valence-electron chi connectivity index (χ2n) is 4.00. The number of carbonyl (C=O) groups excluding carboxylic acids is 1. The molecule has 102 valence electrons. The molecule has 0 saturated heterocycles. The molecule has 2 N–H and O–H groups in total. The third-order valence-electron chi connectivity index (χ3n) is 2.52. The minimum Gasteiger partial charge on any atom is -0.366 e. The van der Waals surface area contributed by atoms with Crippen LogP contribution in [0.3, 0.4) is 0 Å². The van der Waals surface area contributed by atoms with Gasteiger partial charge < -0.3 is 5.73 Å². The molecule has 0 radical (unpaired) electrons. The molecular formula is C17H23NO. The van der Waals surface area contributed by atoms with Crippen molar-refractivity contribution in [1.29, 1.82) is 0 Å². The molecule has 0 aliphatic rings. The normalized spacial score (nSPS) is 10.1. The number of allylic oxidation sites excluding steroid dienone is 4. The van der Waals surface area contributed by atoms with E-state index >= 15 is 0 Å². The van der Waals surface area contributed by atoms with Gasteiger partial charge in [0.05, 0.1) is 0 Å². The van der Waals surface area contributed by atoms with Crippen molar-refractivity contribution in [2.24, 2.45) is 5.73 Å². The number of rotatable bonds is 5. The summed E-state index contributed by atoms with van der Waals surface area (Å²) >= 11 is 0.